The van der Waals surface area contributed by atoms with Crippen LogP contribution in [0.5, 0.6) is 0 Å². The highest BCUT2D eigenvalue weighted by Crippen LogP contribution is 1.90. The maximum Gasteiger partial charge on any atom is 0.334 e. The van der Waals surface area contributed by atoms with Crippen molar-refractivity contribution in [3.05, 3.63) is 0 Å². The van der Waals surface area contributed by atoms with Crippen molar-refractivity contribution in [3.63, 3.8) is 0 Å². The molecule has 0 heterocycles. The number of rotatable bonds is 3. The standard InChI is InChI=1S/C5H11NO3.ClH/c1-9-5(8)4(7)2-3-6;/h4,7H,2-3,6H2,1H3;1H/t4-;/m0./s1. The van der Waals surface area contributed by atoms with Gasteiger partial charge in [0, 0.05) is 0 Å². The molecule has 0 radical (unpaired) electrons. The zero-order valence-corrected chi connectivity index (χ0v) is 6.56. The summed E-state index contributed by atoms with van der Waals surface area (Å²) in [7, 11) is 1.22. The minimum atomic E-state index is -1.06. The van der Waals surface area contributed by atoms with E-state index >= 15 is 0 Å². The molecule has 1 atom stereocenters. The van der Waals surface area contributed by atoms with Gasteiger partial charge >= 0.3 is 5.97 Å². The van der Waals surface area contributed by atoms with Gasteiger partial charge in [-0.15, -0.1) is 12.4 Å². The van der Waals surface area contributed by atoms with Gasteiger partial charge < -0.3 is 15.6 Å². The number of aliphatic hydroxyl groups is 1. The number of hydrogen-bond acceptors (Lipinski definition) is 4. The average Bonchev–Trinajstić information content (AvgIpc) is 1.87. The number of methoxy groups -OCH3 is 1. The van der Waals surface area contributed by atoms with E-state index in [1.807, 2.05) is 0 Å². The number of carbonyl (C=O) groups is 1. The average molecular weight is 170 g/mol. The lowest BCUT2D eigenvalue weighted by Crippen LogP contribution is -2.24. The summed E-state index contributed by atoms with van der Waals surface area (Å²) in [5, 5.41) is 8.76. The molecule has 0 bridgehead atoms. The molecule has 0 aromatic carbocycles. The summed E-state index contributed by atoms with van der Waals surface area (Å²) in [4.78, 5) is 10.4. The smallest absolute Gasteiger partial charge is 0.334 e. The van der Waals surface area contributed by atoms with E-state index < -0.39 is 12.1 Å². The Kier molecular flexibility index (Phi) is 8.40. The quantitative estimate of drug-likeness (QED) is 0.548. The van der Waals surface area contributed by atoms with E-state index in [0.29, 0.717) is 0 Å². The van der Waals surface area contributed by atoms with Gasteiger partial charge in [-0.1, -0.05) is 0 Å². The maximum atomic E-state index is 10.4. The van der Waals surface area contributed by atoms with Crippen LogP contribution in [0.4, 0.5) is 0 Å². The molecule has 4 nitrogen and oxygen atoms in total. The zero-order valence-electron chi connectivity index (χ0n) is 5.74. The van der Waals surface area contributed by atoms with Crippen molar-refractivity contribution in [3.8, 4) is 0 Å². The van der Waals surface area contributed by atoms with Gasteiger partial charge in [-0.05, 0) is 13.0 Å². The first-order chi connectivity index (χ1) is 4.22. The Morgan fingerprint density at radius 3 is 2.60 bits per heavy atom. The summed E-state index contributed by atoms with van der Waals surface area (Å²) in [6.07, 6.45) is -0.799. The number of carbonyl (C=O) groups excluding carboxylic acids is 1. The Bertz CT molecular complexity index is 98.9. The molecule has 0 spiro atoms. The van der Waals surface area contributed by atoms with E-state index in [9.17, 15) is 4.79 Å². The molecule has 3 N–H and O–H groups in total. The first-order valence-corrected chi connectivity index (χ1v) is 2.68. The number of halogens is 1. The predicted molar refractivity (Wildman–Crippen MR) is 38.9 cm³/mol. The van der Waals surface area contributed by atoms with E-state index in [-0.39, 0.29) is 25.4 Å². The highest BCUT2D eigenvalue weighted by molar-refractivity contribution is 5.85. The van der Waals surface area contributed by atoms with E-state index in [0.717, 1.165) is 0 Å². The fraction of sp³-hybridized carbons (Fsp3) is 0.800. The van der Waals surface area contributed by atoms with Crippen molar-refractivity contribution >= 4 is 18.4 Å². The SMILES string of the molecule is COC(=O)[C@@H](O)CCN.Cl. The predicted octanol–water partition coefficient (Wildman–Crippen LogP) is -0.709. The molecule has 0 aliphatic heterocycles. The summed E-state index contributed by atoms with van der Waals surface area (Å²) in [6, 6.07) is 0. The van der Waals surface area contributed by atoms with E-state index in [1.54, 1.807) is 0 Å². The van der Waals surface area contributed by atoms with E-state index in [2.05, 4.69) is 4.74 Å². The van der Waals surface area contributed by atoms with Gasteiger partial charge in [0.05, 0.1) is 7.11 Å². The second-order valence-corrected chi connectivity index (χ2v) is 1.62. The van der Waals surface area contributed by atoms with Crippen LogP contribution >= 0.6 is 12.4 Å². The van der Waals surface area contributed by atoms with Crippen LogP contribution in [0.25, 0.3) is 0 Å². The van der Waals surface area contributed by atoms with Crippen molar-refractivity contribution in [1.82, 2.24) is 0 Å². The Balaban J connectivity index is 0. The lowest BCUT2D eigenvalue weighted by Gasteiger charge is -2.04. The van der Waals surface area contributed by atoms with Gasteiger partial charge in [-0.25, -0.2) is 4.79 Å². The van der Waals surface area contributed by atoms with Gasteiger partial charge in [0.2, 0.25) is 0 Å². The second kappa shape index (κ2) is 6.80. The minimum Gasteiger partial charge on any atom is -0.467 e. The molecule has 0 fully saturated rings. The third-order valence-electron chi connectivity index (χ3n) is 0.913. The first kappa shape index (κ1) is 12.4. The van der Waals surface area contributed by atoms with Crippen molar-refractivity contribution in [1.29, 1.82) is 0 Å². The molecule has 0 saturated carbocycles. The lowest BCUT2D eigenvalue weighted by molar-refractivity contribution is -0.150. The number of hydrogen-bond donors (Lipinski definition) is 2. The molecule has 0 amide bonds. The number of nitrogens with two attached hydrogens (primary N) is 1. The van der Waals surface area contributed by atoms with Crippen LogP contribution in [0.2, 0.25) is 0 Å². The molecule has 0 rings (SSSR count). The van der Waals surface area contributed by atoms with Crippen molar-refractivity contribution in [2.45, 2.75) is 12.5 Å². The third kappa shape index (κ3) is 4.55. The van der Waals surface area contributed by atoms with Crippen LogP contribution in [0, 0.1) is 0 Å². The third-order valence-corrected chi connectivity index (χ3v) is 0.913. The summed E-state index contributed by atoms with van der Waals surface area (Å²) >= 11 is 0. The fourth-order valence-electron chi connectivity index (χ4n) is 0.412. The van der Waals surface area contributed by atoms with Gasteiger partial charge in [0.15, 0.2) is 6.10 Å². The van der Waals surface area contributed by atoms with Crippen LogP contribution in [0.1, 0.15) is 6.42 Å². The number of ether oxygens (including phenoxy) is 1. The summed E-state index contributed by atoms with van der Waals surface area (Å²) in [5.41, 5.74) is 5.05. The molecule has 0 saturated heterocycles. The summed E-state index contributed by atoms with van der Waals surface area (Å²) in [6.45, 7) is 0.288. The Labute approximate surface area is 65.8 Å². The summed E-state index contributed by atoms with van der Waals surface area (Å²) < 4.78 is 4.22. The maximum absolute atomic E-state index is 10.4. The topological polar surface area (TPSA) is 72.5 Å². The van der Waals surface area contributed by atoms with Crippen molar-refractivity contribution in [2.75, 3.05) is 13.7 Å². The highest BCUT2D eigenvalue weighted by atomic mass is 35.5. The number of esters is 1. The van der Waals surface area contributed by atoms with Crippen molar-refractivity contribution in [2.24, 2.45) is 5.73 Å². The Hall–Kier alpha value is -0.320. The van der Waals surface area contributed by atoms with Gasteiger partial charge in [-0.2, -0.15) is 0 Å². The van der Waals surface area contributed by atoms with Gasteiger partial charge in [0.25, 0.3) is 0 Å². The monoisotopic (exact) mass is 169 g/mol. The highest BCUT2D eigenvalue weighted by Gasteiger charge is 2.12. The van der Waals surface area contributed by atoms with Crippen LogP contribution in [-0.4, -0.2) is 30.8 Å². The van der Waals surface area contributed by atoms with Crippen LogP contribution in [-0.2, 0) is 9.53 Å². The lowest BCUT2D eigenvalue weighted by atomic mass is 10.2. The molecule has 0 unspecified atom stereocenters. The zero-order chi connectivity index (χ0) is 7.28. The minimum absolute atomic E-state index is 0. The molecule has 0 aliphatic carbocycles. The van der Waals surface area contributed by atoms with Crippen LogP contribution in [0.15, 0.2) is 0 Å². The summed E-state index contributed by atoms with van der Waals surface area (Å²) in [5.74, 6) is -0.625. The Morgan fingerprint density at radius 1 is 1.80 bits per heavy atom. The van der Waals surface area contributed by atoms with Gasteiger partial charge in [0.1, 0.15) is 0 Å². The molecule has 62 valence electrons. The van der Waals surface area contributed by atoms with Gasteiger partial charge in [-0.3, -0.25) is 0 Å². The molecular weight excluding hydrogens is 158 g/mol. The molecule has 0 aromatic rings. The van der Waals surface area contributed by atoms with E-state index in [4.69, 9.17) is 10.8 Å². The molecule has 0 aromatic heterocycles. The molecule has 10 heavy (non-hydrogen) atoms. The largest absolute Gasteiger partial charge is 0.467 e. The molecule has 5 heteroatoms. The number of aliphatic hydroxyl groups excluding tert-OH is 1. The normalized spacial score (nSPS) is 11.5. The fourth-order valence-corrected chi connectivity index (χ4v) is 0.412. The molecular formula is C5H12ClNO3. The molecule has 0 aliphatic rings. The van der Waals surface area contributed by atoms with E-state index in [1.165, 1.54) is 7.11 Å². The van der Waals surface area contributed by atoms with Crippen LogP contribution < -0.4 is 5.73 Å². The van der Waals surface area contributed by atoms with Crippen LogP contribution in [0.3, 0.4) is 0 Å². The Morgan fingerprint density at radius 2 is 2.30 bits per heavy atom. The second-order valence-electron chi connectivity index (χ2n) is 1.62. The van der Waals surface area contributed by atoms with Crippen molar-refractivity contribution < 1.29 is 14.6 Å². The first-order valence-electron chi connectivity index (χ1n) is 2.68.